The Morgan fingerprint density at radius 2 is 1.48 bits per heavy atom. The first-order valence-corrected chi connectivity index (χ1v) is 12.5. The molecule has 0 saturated heterocycles. The third-order valence-corrected chi connectivity index (χ3v) is 7.00. The highest BCUT2D eigenvalue weighted by molar-refractivity contribution is 7.92. The number of methoxy groups -OCH3 is 1. The smallest absolute Gasteiger partial charge is 0.264 e. The van der Waals surface area contributed by atoms with E-state index in [9.17, 15) is 13.5 Å². The maximum Gasteiger partial charge on any atom is 0.264 e. The average Bonchev–Trinajstić information content (AvgIpc) is 2.79. The molecular weight excluding hydrogens is 412 g/mol. The van der Waals surface area contributed by atoms with E-state index in [4.69, 9.17) is 4.74 Å². The van der Waals surface area contributed by atoms with Gasteiger partial charge in [0.15, 0.2) is 0 Å². The summed E-state index contributed by atoms with van der Waals surface area (Å²) >= 11 is 0. The molecular formula is C24H36N2O4S. The van der Waals surface area contributed by atoms with E-state index in [2.05, 4.69) is 18.7 Å². The summed E-state index contributed by atoms with van der Waals surface area (Å²) in [5.41, 5.74) is 0.498. The first-order valence-electron chi connectivity index (χ1n) is 11.0. The van der Waals surface area contributed by atoms with Crippen LogP contribution in [0.2, 0.25) is 0 Å². The number of unbranched alkanes of at least 4 members (excludes halogenated alkanes) is 2. The highest BCUT2D eigenvalue weighted by Gasteiger charge is 2.27. The largest absolute Gasteiger partial charge is 0.497 e. The Morgan fingerprint density at radius 3 is 2.00 bits per heavy atom. The van der Waals surface area contributed by atoms with Gasteiger partial charge in [-0.15, -0.1) is 0 Å². The van der Waals surface area contributed by atoms with Crippen molar-refractivity contribution in [2.24, 2.45) is 0 Å². The van der Waals surface area contributed by atoms with Crippen molar-refractivity contribution >= 4 is 15.7 Å². The van der Waals surface area contributed by atoms with Crippen molar-refractivity contribution in [2.45, 2.75) is 50.5 Å². The number of benzene rings is 2. The van der Waals surface area contributed by atoms with Gasteiger partial charge in [-0.25, -0.2) is 8.42 Å². The fraction of sp³-hybridized carbons (Fsp3) is 0.500. The summed E-state index contributed by atoms with van der Waals surface area (Å²) in [6.45, 7) is 6.52. The van der Waals surface area contributed by atoms with Gasteiger partial charge >= 0.3 is 0 Å². The van der Waals surface area contributed by atoms with Crippen LogP contribution in [0, 0.1) is 0 Å². The standard InChI is InChI=1S/C24H36N2O4S/c1-4-6-17-25(18-7-5-2)19-22(27)20-26(21-13-15-23(30-3)16-14-21)31(28,29)24-11-9-8-10-12-24/h8-16,22,27H,4-7,17-20H2,1-3H3/t22-/m1/s1. The zero-order valence-corrected chi connectivity index (χ0v) is 19.7. The van der Waals surface area contributed by atoms with E-state index >= 15 is 0 Å². The van der Waals surface area contributed by atoms with E-state index < -0.39 is 16.1 Å². The van der Waals surface area contributed by atoms with Gasteiger partial charge in [0.2, 0.25) is 0 Å². The lowest BCUT2D eigenvalue weighted by Crippen LogP contribution is -2.43. The van der Waals surface area contributed by atoms with Gasteiger partial charge in [0.1, 0.15) is 5.75 Å². The summed E-state index contributed by atoms with van der Waals surface area (Å²) in [7, 11) is -2.26. The molecule has 0 spiro atoms. The van der Waals surface area contributed by atoms with Gasteiger partial charge in [-0.2, -0.15) is 0 Å². The van der Waals surface area contributed by atoms with E-state index in [-0.39, 0.29) is 11.4 Å². The predicted molar refractivity (Wildman–Crippen MR) is 126 cm³/mol. The number of aliphatic hydroxyl groups is 1. The van der Waals surface area contributed by atoms with Crippen molar-refractivity contribution in [3.63, 3.8) is 0 Å². The van der Waals surface area contributed by atoms with Crippen LogP contribution in [0.3, 0.4) is 0 Å². The van der Waals surface area contributed by atoms with Crippen molar-refractivity contribution in [1.29, 1.82) is 0 Å². The van der Waals surface area contributed by atoms with E-state index in [1.165, 1.54) is 4.31 Å². The Kier molecular flexibility index (Phi) is 10.3. The van der Waals surface area contributed by atoms with Gasteiger partial charge in [-0.05, 0) is 62.3 Å². The quantitative estimate of drug-likeness (QED) is 0.470. The fourth-order valence-electron chi connectivity index (χ4n) is 3.42. The summed E-state index contributed by atoms with van der Waals surface area (Å²) in [4.78, 5) is 2.44. The zero-order chi connectivity index (χ0) is 22.7. The third kappa shape index (κ3) is 7.52. The molecule has 0 radical (unpaired) electrons. The summed E-state index contributed by atoms with van der Waals surface area (Å²) in [5.74, 6) is 0.645. The summed E-state index contributed by atoms with van der Waals surface area (Å²) in [5, 5.41) is 10.9. The van der Waals surface area contributed by atoms with Gasteiger partial charge in [-0.1, -0.05) is 44.9 Å². The Morgan fingerprint density at radius 1 is 0.903 bits per heavy atom. The van der Waals surface area contributed by atoms with Gasteiger partial charge in [-0.3, -0.25) is 4.31 Å². The minimum atomic E-state index is -3.82. The normalized spacial score (nSPS) is 12.7. The minimum Gasteiger partial charge on any atom is -0.497 e. The molecule has 0 aliphatic rings. The predicted octanol–water partition coefficient (Wildman–Crippen LogP) is 4.15. The molecule has 7 heteroatoms. The first kappa shape index (κ1) is 25.2. The Balaban J connectivity index is 2.27. The molecule has 31 heavy (non-hydrogen) atoms. The van der Waals surface area contributed by atoms with Crippen LogP contribution in [0.15, 0.2) is 59.5 Å². The van der Waals surface area contributed by atoms with E-state index in [1.807, 2.05) is 0 Å². The topological polar surface area (TPSA) is 70.1 Å². The van der Waals surface area contributed by atoms with Gasteiger partial charge in [0, 0.05) is 6.54 Å². The second kappa shape index (κ2) is 12.7. The lowest BCUT2D eigenvalue weighted by molar-refractivity contribution is 0.117. The number of aliphatic hydroxyl groups excluding tert-OH is 1. The van der Waals surface area contributed by atoms with E-state index in [0.29, 0.717) is 18.0 Å². The molecule has 6 nitrogen and oxygen atoms in total. The van der Waals surface area contributed by atoms with Crippen molar-refractivity contribution in [1.82, 2.24) is 4.90 Å². The molecule has 1 atom stereocenters. The van der Waals surface area contributed by atoms with Crippen LogP contribution in [0.1, 0.15) is 39.5 Å². The summed E-state index contributed by atoms with van der Waals surface area (Å²) in [6.07, 6.45) is 3.47. The maximum absolute atomic E-state index is 13.4. The molecule has 1 N–H and O–H groups in total. The highest BCUT2D eigenvalue weighted by atomic mass is 32.2. The highest BCUT2D eigenvalue weighted by Crippen LogP contribution is 2.26. The molecule has 2 aromatic carbocycles. The van der Waals surface area contributed by atoms with Crippen LogP contribution >= 0.6 is 0 Å². The molecule has 0 aromatic heterocycles. The number of anilines is 1. The van der Waals surface area contributed by atoms with Crippen molar-refractivity contribution in [2.75, 3.05) is 37.6 Å². The van der Waals surface area contributed by atoms with Crippen LogP contribution < -0.4 is 9.04 Å². The van der Waals surface area contributed by atoms with Crippen molar-refractivity contribution in [3.05, 3.63) is 54.6 Å². The van der Waals surface area contributed by atoms with Gasteiger partial charge < -0.3 is 14.7 Å². The number of sulfonamides is 1. The molecule has 0 saturated carbocycles. The second-order valence-electron chi connectivity index (χ2n) is 7.71. The Labute approximate surface area is 187 Å². The minimum absolute atomic E-state index is 0.0156. The van der Waals surface area contributed by atoms with Crippen molar-refractivity contribution < 1.29 is 18.3 Å². The van der Waals surface area contributed by atoms with E-state index in [1.54, 1.807) is 61.7 Å². The van der Waals surface area contributed by atoms with Crippen molar-refractivity contribution in [3.8, 4) is 5.75 Å². The maximum atomic E-state index is 13.4. The number of nitrogens with zero attached hydrogens (tertiary/aromatic N) is 2. The molecule has 0 bridgehead atoms. The number of ether oxygens (including phenoxy) is 1. The Hall–Kier alpha value is -2.09. The fourth-order valence-corrected chi connectivity index (χ4v) is 4.94. The first-order chi connectivity index (χ1) is 14.9. The Bertz CT molecular complexity index is 849. The lowest BCUT2D eigenvalue weighted by Gasteiger charge is -2.30. The lowest BCUT2D eigenvalue weighted by atomic mass is 10.2. The van der Waals surface area contributed by atoms with E-state index in [0.717, 1.165) is 38.8 Å². The van der Waals surface area contributed by atoms with Crippen LogP contribution in [0.25, 0.3) is 0 Å². The molecule has 0 aliphatic carbocycles. The SMILES string of the molecule is CCCCN(CCCC)C[C@@H](O)CN(c1ccc(OC)cc1)S(=O)(=O)c1ccccc1. The average molecular weight is 449 g/mol. The van der Waals surface area contributed by atoms with Crippen LogP contribution in [0.4, 0.5) is 5.69 Å². The van der Waals surface area contributed by atoms with Crippen LogP contribution in [-0.4, -0.2) is 57.8 Å². The monoisotopic (exact) mass is 448 g/mol. The molecule has 0 fully saturated rings. The number of hydrogen-bond acceptors (Lipinski definition) is 5. The zero-order valence-electron chi connectivity index (χ0n) is 18.9. The van der Waals surface area contributed by atoms with Crippen LogP contribution in [0.5, 0.6) is 5.75 Å². The molecule has 2 rings (SSSR count). The molecule has 0 amide bonds. The summed E-state index contributed by atoms with van der Waals surface area (Å²) in [6, 6.07) is 15.2. The second-order valence-corrected chi connectivity index (χ2v) is 9.57. The molecule has 0 unspecified atom stereocenters. The number of hydrogen-bond donors (Lipinski definition) is 1. The van der Waals surface area contributed by atoms with Gasteiger partial charge in [0.25, 0.3) is 10.0 Å². The molecule has 0 heterocycles. The summed E-state index contributed by atoms with van der Waals surface area (Å²) < 4.78 is 33.3. The molecule has 2 aromatic rings. The molecule has 0 aliphatic heterocycles. The van der Waals surface area contributed by atoms with Gasteiger partial charge in [0.05, 0.1) is 30.3 Å². The van der Waals surface area contributed by atoms with Crippen LogP contribution in [-0.2, 0) is 10.0 Å². The number of rotatable bonds is 14. The third-order valence-electron chi connectivity index (χ3n) is 5.19. The molecule has 172 valence electrons.